The summed E-state index contributed by atoms with van der Waals surface area (Å²) in [5.74, 6) is -1.10. The van der Waals surface area contributed by atoms with E-state index in [1.165, 1.54) is 24.6 Å². The highest BCUT2D eigenvalue weighted by Gasteiger charge is 2.45. The minimum atomic E-state index is -4.84. The van der Waals surface area contributed by atoms with Crippen LogP contribution >= 0.6 is 34.5 Å². The summed E-state index contributed by atoms with van der Waals surface area (Å²) in [7, 11) is -4.73. The van der Waals surface area contributed by atoms with Gasteiger partial charge in [0.15, 0.2) is 5.01 Å². The van der Waals surface area contributed by atoms with Crippen molar-refractivity contribution in [3.8, 4) is 10.4 Å². The van der Waals surface area contributed by atoms with Crippen LogP contribution in [-0.4, -0.2) is 72.7 Å². The van der Waals surface area contributed by atoms with Gasteiger partial charge in [0.05, 0.1) is 20.5 Å². The number of alkyl halides is 3. The van der Waals surface area contributed by atoms with Crippen molar-refractivity contribution in [1.82, 2.24) is 19.9 Å². The number of likely N-dealkylation sites (tertiary alicyclic amines) is 1. The van der Waals surface area contributed by atoms with E-state index in [1.54, 1.807) is 4.90 Å². The van der Waals surface area contributed by atoms with Crippen molar-refractivity contribution >= 4 is 56.4 Å². The molecule has 1 saturated carbocycles. The van der Waals surface area contributed by atoms with E-state index >= 15 is 0 Å². The quantitative estimate of drug-likeness (QED) is 0.372. The number of carbonyl (C=O) groups is 2. The van der Waals surface area contributed by atoms with Crippen LogP contribution in [0.2, 0.25) is 10.0 Å². The number of thiazole rings is 1. The maximum Gasteiger partial charge on any atom is 0.404 e. The molecular weight excluding hydrogens is 628 g/mol. The van der Waals surface area contributed by atoms with Crippen LogP contribution in [0, 0.1) is 5.41 Å². The zero-order valence-electron chi connectivity index (χ0n) is 22.4. The number of sulfonamides is 1. The van der Waals surface area contributed by atoms with Gasteiger partial charge in [-0.15, -0.1) is 11.3 Å². The predicted molar refractivity (Wildman–Crippen MR) is 149 cm³/mol. The lowest BCUT2D eigenvalue weighted by molar-refractivity contribution is -0.147. The first-order valence-corrected chi connectivity index (χ1v) is 15.8. The van der Waals surface area contributed by atoms with Crippen molar-refractivity contribution in [2.45, 2.75) is 69.2 Å². The largest absolute Gasteiger partial charge is 0.404 e. The van der Waals surface area contributed by atoms with E-state index in [0.717, 1.165) is 43.1 Å². The van der Waals surface area contributed by atoms with Crippen LogP contribution in [0.25, 0.3) is 10.4 Å². The summed E-state index contributed by atoms with van der Waals surface area (Å²) in [6.07, 6.45) is -0.888. The lowest BCUT2D eigenvalue weighted by Gasteiger charge is -2.31. The molecule has 16 heteroatoms. The summed E-state index contributed by atoms with van der Waals surface area (Å²) < 4.78 is 65.9. The molecule has 2 fully saturated rings. The van der Waals surface area contributed by atoms with E-state index in [2.05, 4.69) is 10.3 Å². The predicted octanol–water partition coefficient (Wildman–Crippen LogP) is 4.86. The normalized spacial score (nSPS) is 17.9. The average molecular weight is 658 g/mol. The molecule has 41 heavy (non-hydrogen) atoms. The standard InChI is InChI=1S/C25H29Cl2F3N4O5S2/c1-13(25(28,29)30)33-41(38,39)15-5-4-14(16(26)17(15)27)19-18(22(36)34-10-8-24(6-7-24)9-11-34)32-21(40-19)20(35)31-12-23(2,3)37/h4-5,13,33,37H,6-12H2,1-3H3,(H,31,35). The van der Waals surface area contributed by atoms with Gasteiger partial charge in [0.25, 0.3) is 11.8 Å². The van der Waals surface area contributed by atoms with Crippen LogP contribution in [0.15, 0.2) is 17.0 Å². The van der Waals surface area contributed by atoms with Crippen molar-refractivity contribution in [1.29, 1.82) is 0 Å². The molecule has 9 nitrogen and oxygen atoms in total. The van der Waals surface area contributed by atoms with Crippen molar-refractivity contribution < 1.29 is 36.3 Å². The highest BCUT2D eigenvalue weighted by Crippen LogP contribution is 2.53. The first kappa shape index (κ1) is 32.0. The van der Waals surface area contributed by atoms with Crippen LogP contribution < -0.4 is 10.0 Å². The Bertz CT molecular complexity index is 1460. The number of amides is 2. The second-order valence-corrected chi connectivity index (χ2v) is 14.5. The number of benzene rings is 1. The maximum atomic E-state index is 13.6. The Hall–Kier alpha value is -1.97. The van der Waals surface area contributed by atoms with E-state index in [4.69, 9.17) is 23.2 Å². The molecule has 2 aromatic rings. The molecular formula is C25H29Cl2F3N4O5S2. The minimum Gasteiger partial charge on any atom is -0.389 e. The Morgan fingerprint density at radius 3 is 2.29 bits per heavy atom. The Kier molecular flexibility index (Phi) is 8.78. The average Bonchev–Trinajstić information content (AvgIpc) is 3.47. The number of carbonyl (C=O) groups excluding carboxylic acids is 2. The third-order valence-electron chi connectivity index (χ3n) is 7.18. The molecule has 4 rings (SSSR count). The molecule has 226 valence electrons. The third kappa shape index (κ3) is 7.16. The van der Waals surface area contributed by atoms with Crippen LogP contribution in [0.1, 0.15) is 66.7 Å². The van der Waals surface area contributed by atoms with Gasteiger partial charge in [0, 0.05) is 25.2 Å². The van der Waals surface area contributed by atoms with Gasteiger partial charge in [0.1, 0.15) is 16.6 Å². The lowest BCUT2D eigenvalue weighted by atomic mass is 9.93. The fourth-order valence-corrected chi connectivity index (χ4v) is 7.56. The van der Waals surface area contributed by atoms with Gasteiger partial charge in [-0.05, 0) is 57.9 Å². The maximum absolute atomic E-state index is 13.6. The van der Waals surface area contributed by atoms with E-state index < -0.39 is 49.6 Å². The van der Waals surface area contributed by atoms with E-state index in [0.29, 0.717) is 25.4 Å². The van der Waals surface area contributed by atoms with Crippen LogP contribution in [-0.2, 0) is 10.0 Å². The molecule has 1 aromatic heterocycles. The SMILES string of the molecule is CC(NS(=O)(=O)c1ccc(-c2sc(C(=O)NCC(C)(C)O)nc2C(=O)N2CCC3(CC2)CC3)c(Cl)c1Cl)C(F)(F)F. The van der Waals surface area contributed by atoms with Gasteiger partial charge < -0.3 is 15.3 Å². The highest BCUT2D eigenvalue weighted by atomic mass is 35.5. The molecule has 1 aliphatic heterocycles. The van der Waals surface area contributed by atoms with Gasteiger partial charge in [-0.2, -0.15) is 17.9 Å². The third-order valence-corrected chi connectivity index (χ3v) is 10.8. The highest BCUT2D eigenvalue weighted by molar-refractivity contribution is 7.89. The second kappa shape index (κ2) is 11.3. The van der Waals surface area contributed by atoms with Gasteiger partial charge in [0.2, 0.25) is 10.0 Å². The number of rotatable bonds is 8. The first-order chi connectivity index (χ1) is 18.8. The zero-order valence-corrected chi connectivity index (χ0v) is 25.5. The van der Waals surface area contributed by atoms with Crippen molar-refractivity contribution in [3.05, 3.63) is 32.9 Å². The van der Waals surface area contributed by atoms with Gasteiger partial charge in [-0.1, -0.05) is 29.3 Å². The molecule has 2 aliphatic rings. The zero-order chi connectivity index (χ0) is 30.5. The lowest BCUT2D eigenvalue weighted by Crippen LogP contribution is -2.43. The molecule has 2 amide bonds. The number of halogens is 5. The number of nitrogens with zero attached hydrogens (tertiary/aromatic N) is 2. The molecule has 1 spiro atoms. The molecule has 1 aromatic carbocycles. The summed E-state index contributed by atoms with van der Waals surface area (Å²) in [6, 6.07) is -0.203. The molecule has 1 unspecified atom stereocenters. The molecule has 2 heterocycles. The Balaban J connectivity index is 1.72. The summed E-state index contributed by atoms with van der Waals surface area (Å²) in [4.78, 5) is 31.9. The summed E-state index contributed by atoms with van der Waals surface area (Å²) in [5, 5.41) is 11.5. The van der Waals surface area contributed by atoms with Crippen LogP contribution in [0.5, 0.6) is 0 Å². The molecule has 3 N–H and O–H groups in total. The molecule has 0 bridgehead atoms. The number of piperidine rings is 1. The van der Waals surface area contributed by atoms with Crippen molar-refractivity contribution in [3.63, 3.8) is 0 Å². The molecule has 1 aliphatic carbocycles. The van der Waals surface area contributed by atoms with Crippen LogP contribution in [0.4, 0.5) is 13.2 Å². The second-order valence-electron chi connectivity index (χ2n) is 11.1. The Morgan fingerprint density at radius 1 is 1.15 bits per heavy atom. The Labute approximate surface area is 249 Å². The van der Waals surface area contributed by atoms with E-state index in [-0.39, 0.29) is 32.7 Å². The van der Waals surface area contributed by atoms with E-state index in [9.17, 15) is 36.3 Å². The monoisotopic (exact) mass is 656 g/mol. The first-order valence-electron chi connectivity index (χ1n) is 12.7. The van der Waals surface area contributed by atoms with Crippen molar-refractivity contribution in [2.24, 2.45) is 5.41 Å². The number of hydrogen-bond acceptors (Lipinski definition) is 7. The summed E-state index contributed by atoms with van der Waals surface area (Å²) in [5.41, 5.74) is -0.929. The topological polar surface area (TPSA) is 129 Å². The smallest absolute Gasteiger partial charge is 0.389 e. The van der Waals surface area contributed by atoms with Crippen molar-refractivity contribution in [2.75, 3.05) is 19.6 Å². The van der Waals surface area contributed by atoms with Gasteiger partial charge >= 0.3 is 6.18 Å². The molecule has 0 radical (unpaired) electrons. The van der Waals surface area contributed by atoms with E-state index in [1.807, 2.05) is 0 Å². The number of hydrogen-bond donors (Lipinski definition) is 3. The fraction of sp³-hybridized carbons (Fsp3) is 0.560. The number of nitrogens with one attached hydrogen (secondary N) is 2. The summed E-state index contributed by atoms with van der Waals surface area (Å²) in [6.45, 7) is 4.56. The molecule has 1 atom stereocenters. The summed E-state index contributed by atoms with van der Waals surface area (Å²) >= 11 is 13.5. The van der Waals surface area contributed by atoms with Crippen LogP contribution in [0.3, 0.4) is 0 Å². The molecule has 1 saturated heterocycles. The minimum absolute atomic E-state index is 0.0811. The van der Waals surface area contributed by atoms with Gasteiger partial charge in [-0.25, -0.2) is 13.4 Å². The van der Waals surface area contributed by atoms with Gasteiger partial charge in [-0.3, -0.25) is 9.59 Å². The number of aromatic nitrogens is 1. The fourth-order valence-electron chi connectivity index (χ4n) is 4.41. The number of aliphatic hydroxyl groups is 1. The Morgan fingerprint density at radius 2 is 1.76 bits per heavy atom.